The highest BCUT2D eigenvalue weighted by Crippen LogP contribution is 2.19. The van der Waals surface area contributed by atoms with E-state index in [2.05, 4.69) is 24.1 Å². The molecule has 0 heterocycles. The smallest absolute Gasteiger partial charge is 0.253 e. The number of hydrogen-bond acceptors (Lipinski definition) is 4. The van der Waals surface area contributed by atoms with E-state index in [1.54, 1.807) is 25.3 Å². The molecule has 112 valence electrons. The van der Waals surface area contributed by atoms with E-state index in [1.807, 2.05) is 0 Å². The summed E-state index contributed by atoms with van der Waals surface area (Å²) in [5, 5.41) is 2.89. The number of nitrogens with one attached hydrogen (secondary N) is 1. The zero-order valence-corrected chi connectivity index (χ0v) is 12.6. The summed E-state index contributed by atoms with van der Waals surface area (Å²) in [6.45, 7) is 8.00. The average Bonchev–Trinajstić information content (AvgIpc) is 2.47. The summed E-state index contributed by atoms with van der Waals surface area (Å²) in [5.74, 6) is 0.519. The van der Waals surface area contributed by atoms with Gasteiger partial charge in [-0.1, -0.05) is 13.8 Å². The van der Waals surface area contributed by atoms with Crippen molar-refractivity contribution >= 4 is 11.6 Å². The second-order valence-corrected chi connectivity index (χ2v) is 4.59. The number of benzene rings is 1. The Morgan fingerprint density at radius 1 is 1.35 bits per heavy atom. The molecule has 0 spiro atoms. The Balaban J connectivity index is 2.43. The second-order valence-electron chi connectivity index (χ2n) is 4.59. The first-order chi connectivity index (χ1) is 9.62. The lowest BCUT2D eigenvalue weighted by atomic mass is 10.1. The van der Waals surface area contributed by atoms with Crippen molar-refractivity contribution in [3.05, 3.63) is 23.8 Å². The van der Waals surface area contributed by atoms with Crippen LogP contribution in [0.5, 0.6) is 5.75 Å². The van der Waals surface area contributed by atoms with Crippen LogP contribution in [0.3, 0.4) is 0 Å². The predicted molar refractivity (Wildman–Crippen MR) is 82.1 cm³/mol. The van der Waals surface area contributed by atoms with Crippen molar-refractivity contribution in [2.75, 3.05) is 39.0 Å². The van der Waals surface area contributed by atoms with Gasteiger partial charge < -0.3 is 20.7 Å². The molecule has 1 aromatic rings. The molecule has 0 aromatic heterocycles. The maximum atomic E-state index is 12.0. The molecular formula is C15H25N3O2. The van der Waals surface area contributed by atoms with Crippen LogP contribution in [0.2, 0.25) is 0 Å². The van der Waals surface area contributed by atoms with Crippen molar-refractivity contribution in [3.63, 3.8) is 0 Å². The van der Waals surface area contributed by atoms with Gasteiger partial charge in [0.1, 0.15) is 5.75 Å². The Hall–Kier alpha value is -1.75. The molecule has 5 heteroatoms. The van der Waals surface area contributed by atoms with Crippen LogP contribution >= 0.6 is 0 Å². The summed E-state index contributed by atoms with van der Waals surface area (Å²) < 4.78 is 5.06. The molecule has 0 unspecified atom stereocenters. The van der Waals surface area contributed by atoms with Crippen molar-refractivity contribution in [3.8, 4) is 5.75 Å². The van der Waals surface area contributed by atoms with E-state index in [-0.39, 0.29) is 5.91 Å². The fourth-order valence-electron chi connectivity index (χ4n) is 2.01. The molecule has 5 nitrogen and oxygen atoms in total. The fraction of sp³-hybridized carbons (Fsp3) is 0.533. The first-order valence-electron chi connectivity index (χ1n) is 7.06. The highest BCUT2D eigenvalue weighted by atomic mass is 16.5. The third-order valence-electron chi connectivity index (χ3n) is 3.33. The summed E-state index contributed by atoms with van der Waals surface area (Å²) in [5.41, 5.74) is 6.77. The molecule has 1 amide bonds. The lowest BCUT2D eigenvalue weighted by molar-refractivity contribution is 0.0952. The van der Waals surface area contributed by atoms with Crippen LogP contribution in [-0.4, -0.2) is 44.1 Å². The van der Waals surface area contributed by atoms with Gasteiger partial charge in [-0.05, 0) is 38.2 Å². The topological polar surface area (TPSA) is 67.6 Å². The third-order valence-corrected chi connectivity index (χ3v) is 3.33. The maximum Gasteiger partial charge on any atom is 0.253 e. The zero-order valence-electron chi connectivity index (χ0n) is 12.6. The van der Waals surface area contributed by atoms with Gasteiger partial charge in [-0.25, -0.2) is 0 Å². The molecule has 0 bridgehead atoms. The lowest BCUT2D eigenvalue weighted by Crippen LogP contribution is -2.30. The van der Waals surface area contributed by atoms with E-state index in [0.29, 0.717) is 23.5 Å². The van der Waals surface area contributed by atoms with E-state index in [1.165, 1.54) is 0 Å². The van der Waals surface area contributed by atoms with Gasteiger partial charge in [0, 0.05) is 18.3 Å². The number of nitrogens with zero attached hydrogens (tertiary/aromatic N) is 1. The van der Waals surface area contributed by atoms with Gasteiger partial charge in [0.2, 0.25) is 0 Å². The quantitative estimate of drug-likeness (QED) is 0.562. The van der Waals surface area contributed by atoms with Crippen molar-refractivity contribution in [2.45, 2.75) is 20.3 Å². The van der Waals surface area contributed by atoms with Crippen LogP contribution in [0.25, 0.3) is 0 Å². The summed E-state index contributed by atoms with van der Waals surface area (Å²) in [6, 6.07) is 5.08. The van der Waals surface area contributed by atoms with Gasteiger partial charge >= 0.3 is 0 Å². The molecule has 1 rings (SSSR count). The minimum Gasteiger partial charge on any atom is -0.497 e. The Labute approximate surface area is 121 Å². The van der Waals surface area contributed by atoms with E-state index >= 15 is 0 Å². The van der Waals surface area contributed by atoms with Crippen molar-refractivity contribution < 1.29 is 9.53 Å². The standard InChI is InChI=1S/C15H25N3O2/c1-4-18(5-2)10-6-9-17-15(19)13-8-7-12(20-3)11-14(13)16/h7-8,11H,4-6,9-10,16H2,1-3H3,(H,17,19). The van der Waals surface area contributed by atoms with E-state index in [4.69, 9.17) is 10.5 Å². The molecule has 0 saturated carbocycles. The van der Waals surface area contributed by atoms with Crippen molar-refractivity contribution in [1.82, 2.24) is 10.2 Å². The first-order valence-corrected chi connectivity index (χ1v) is 7.06. The van der Waals surface area contributed by atoms with Gasteiger partial charge in [-0.2, -0.15) is 0 Å². The molecule has 0 saturated heterocycles. The first kappa shape index (κ1) is 16.3. The van der Waals surface area contributed by atoms with Gasteiger partial charge in [0.05, 0.1) is 12.7 Å². The number of rotatable bonds is 8. The number of carbonyl (C=O) groups is 1. The SMILES string of the molecule is CCN(CC)CCCNC(=O)c1ccc(OC)cc1N. The van der Waals surface area contributed by atoms with Gasteiger partial charge in [-0.3, -0.25) is 4.79 Å². The Bertz CT molecular complexity index is 431. The van der Waals surface area contributed by atoms with Gasteiger partial charge in [0.15, 0.2) is 0 Å². The molecule has 0 aliphatic carbocycles. The number of ether oxygens (including phenoxy) is 1. The Morgan fingerprint density at radius 2 is 2.05 bits per heavy atom. The van der Waals surface area contributed by atoms with Crippen LogP contribution in [0.4, 0.5) is 5.69 Å². The highest BCUT2D eigenvalue weighted by molar-refractivity contribution is 5.99. The van der Waals surface area contributed by atoms with E-state index in [9.17, 15) is 4.79 Å². The fourth-order valence-corrected chi connectivity index (χ4v) is 2.01. The molecule has 3 N–H and O–H groups in total. The Morgan fingerprint density at radius 3 is 2.60 bits per heavy atom. The predicted octanol–water partition coefficient (Wildman–Crippen LogP) is 1.74. The number of methoxy groups -OCH3 is 1. The number of carbonyl (C=O) groups excluding carboxylic acids is 1. The zero-order chi connectivity index (χ0) is 15.0. The van der Waals surface area contributed by atoms with E-state index in [0.717, 1.165) is 26.1 Å². The van der Waals surface area contributed by atoms with Crippen molar-refractivity contribution in [1.29, 1.82) is 0 Å². The largest absolute Gasteiger partial charge is 0.497 e. The monoisotopic (exact) mass is 279 g/mol. The summed E-state index contributed by atoms with van der Waals surface area (Å²) in [7, 11) is 1.57. The van der Waals surface area contributed by atoms with Crippen molar-refractivity contribution in [2.24, 2.45) is 0 Å². The van der Waals surface area contributed by atoms with Crippen LogP contribution in [-0.2, 0) is 0 Å². The lowest BCUT2D eigenvalue weighted by Gasteiger charge is -2.17. The summed E-state index contributed by atoms with van der Waals surface area (Å²) in [6.07, 6.45) is 0.934. The molecule has 0 atom stereocenters. The maximum absolute atomic E-state index is 12.0. The van der Waals surface area contributed by atoms with Crippen LogP contribution in [0, 0.1) is 0 Å². The molecule has 1 aromatic carbocycles. The van der Waals surface area contributed by atoms with Crippen LogP contribution in [0.1, 0.15) is 30.6 Å². The summed E-state index contributed by atoms with van der Waals surface area (Å²) >= 11 is 0. The molecule has 0 aliphatic heterocycles. The molecule has 20 heavy (non-hydrogen) atoms. The van der Waals surface area contributed by atoms with E-state index < -0.39 is 0 Å². The molecule has 0 aliphatic rings. The molecular weight excluding hydrogens is 254 g/mol. The van der Waals surface area contributed by atoms with Crippen LogP contribution in [0.15, 0.2) is 18.2 Å². The normalized spacial score (nSPS) is 10.6. The second kappa shape index (κ2) is 8.43. The highest BCUT2D eigenvalue weighted by Gasteiger charge is 2.10. The third kappa shape index (κ3) is 4.74. The minimum atomic E-state index is -0.135. The number of nitrogen functional groups attached to an aromatic ring is 1. The average molecular weight is 279 g/mol. The number of amides is 1. The number of hydrogen-bond donors (Lipinski definition) is 2. The Kier molecular flexibility index (Phi) is 6.87. The minimum absolute atomic E-state index is 0.135. The van der Waals surface area contributed by atoms with Gasteiger partial charge in [0.25, 0.3) is 5.91 Å². The summed E-state index contributed by atoms with van der Waals surface area (Å²) in [4.78, 5) is 14.3. The van der Waals surface area contributed by atoms with Crippen LogP contribution < -0.4 is 15.8 Å². The number of anilines is 1. The van der Waals surface area contributed by atoms with Gasteiger partial charge in [-0.15, -0.1) is 0 Å². The molecule has 0 fully saturated rings. The number of nitrogens with two attached hydrogens (primary N) is 1. The molecule has 0 radical (unpaired) electrons.